The molecule has 2 aliphatic rings. The first kappa shape index (κ1) is 21.0. The van der Waals surface area contributed by atoms with Gasteiger partial charge >= 0.3 is 0 Å². The van der Waals surface area contributed by atoms with E-state index in [0.717, 1.165) is 39.8 Å². The Hall–Kier alpha value is -3.55. The van der Waals surface area contributed by atoms with E-state index in [1.807, 2.05) is 78.6 Å². The normalized spacial score (nSPS) is 18.9. The summed E-state index contributed by atoms with van der Waals surface area (Å²) in [5.74, 6) is 2.90. The molecule has 4 aromatic rings. The summed E-state index contributed by atoms with van der Waals surface area (Å²) in [5.41, 5.74) is 3.68. The van der Waals surface area contributed by atoms with Crippen molar-refractivity contribution in [2.45, 2.75) is 19.0 Å². The van der Waals surface area contributed by atoms with E-state index in [-0.39, 0.29) is 18.9 Å². The van der Waals surface area contributed by atoms with Crippen molar-refractivity contribution in [3.63, 3.8) is 0 Å². The average molecular weight is 490 g/mol. The molecule has 8 heteroatoms. The van der Waals surface area contributed by atoms with Gasteiger partial charge in [-0.25, -0.2) is 0 Å². The first-order valence-electron chi connectivity index (χ1n) is 10.8. The van der Waals surface area contributed by atoms with E-state index in [2.05, 4.69) is 10.3 Å². The van der Waals surface area contributed by atoms with Gasteiger partial charge in [-0.1, -0.05) is 29.8 Å². The molecule has 6 rings (SSSR count). The second-order valence-corrected chi connectivity index (χ2v) is 8.99. The molecule has 6 nitrogen and oxygen atoms in total. The van der Waals surface area contributed by atoms with Crippen LogP contribution in [-0.4, -0.2) is 16.9 Å². The third kappa shape index (κ3) is 3.57. The lowest BCUT2D eigenvalue weighted by molar-refractivity contribution is 0.174. The number of fused-ring (bicyclic) bond motifs is 1. The third-order valence-electron chi connectivity index (χ3n) is 6.11. The van der Waals surface area contributed by atoms with E-state index in [0.29, 0.717) is 15.9 Å². The highest BCUT2D eigenvalue weighted by Crippen LogP contribution is 2.45. The van der Waals surface area contributed by atoms with Gasteiger partial charge in [0.05, 0.1) is 11.7 Å². The smallest absolute Gasteiger partial charge is 0.231 e. The summed E-state index contributed by atoms with van der Waals surface area (Å²) < 4.78 is 17.5. The summed E-state index contributed by atoms with van der Waals surface area (Å²) in [5, 5.41) is 4.72. The zero-order valence-corrected chi connectivity index (χ0v) is 19.8. The van der Waals surface area contributed by atoms with Crippen LogP contribution in [-0.2, 0) is 0 Å². The van der Waals surface area contributed by atoms with Crippen molar-refractivity contribution in [3.05, 3.63) is 95.0 Å². The minimum Gasteiger partial charge on any atom is -0.459 e. The molecule has 1 saturated heterocycles. The quantitative estimate of drug-likeness (QED) is 0.342. The van der Waals surface area contributed by atoms with Gasteiger partial charge in [0.2, 0.25) is 6.79 Å². The predicted octanol–water partition coefficient (Wildman–Crippen LogP) is 6.21. The number of benzene rings is 2. The van der Waals surface area contributed by atoms with Crippen LogP contribution in [0.25, 0.3) is 11.3 Å². The van der Waals surface area contributed by atoms with E-state index in [1.54, 1.807) is 6.20 Å². The molecule has 170 valence electrons. The molecule has 0 amide bonds. The summed E-state index contributed by atoms with van der Waals surface area (Å²) in [6.07, 6.45) is 1.78. The number of aryl methyl sites for hydroxylation is 1. The molecule has 4 heterocycles. The minimum atomic E-state index is -0.266. The van der Waals surface area contributed by atoms with Gasteiger partial charge in [0.1, 0.15) is 17.6 Å². The van der Waals surface area contributed by atoms with E-state index < -0.39 is 0 Å². The average Bonchev–Trinajstić information content (AvgIpc) is 3.59. The maximum absolute atomic E-state index is 6.41. The van der Waals surface area contributed by atoms with Crippen LogP contribution in [0.1, 0.15) is 29.1 Å². The standard InChI is InChI=1S/C26H20ClN3O3S/c1-15-5-6-16(12-18(15)27)20-9-10-22(33-20)25-24(19-4-2-3-11-28-19)29-26(34)30(25)17-7-8-21-23(13-17)32-14-31-21/h2-13,24-25H,14H2,1H3,(H,29,34)/t24-,25-/m1/s1. The number of anilines is 1. The highest BCUT2D eigenvalue weighted by Gasteiger charge is 2.43. The topological polar surface area (TPSA) is 59.8 Å². The summed E-state index contributed by atoms with van der Waals surface area (Å²) in [4.78, 5) is 6.63. The summed E-state index contributed by atoms with van der Waals surface area (Å²) in [6, 6.07) is 21.0. The fourth-order valence-corrected chi connectivity index (χ4v) is 4.90. The number of nitrogens with zero attached hydrogens (tertiary/aromatic N) is 2. The second kappa shape index (κ2) is 8.34. The van der Waals surface area contributed by atoms with Crippen LogP contribution < -0.4 is 19.7 Å². The lowest BCUT2D eigenvalue weighted by Crippen LogP contribution is -2.29. The highest BCUT2D eigenvalue weighted by molar-refractivity contribution is 7.80. The third-order valence-corrected chi connectivity index (χ3v) is 6.83. The molecule has 0 unspecified atom stereocenters. The van der Waals surface area contributed by atoms with Crippen molar-refractivity contribution in [2.24, 2.45) is 0 Å². The van der Waals surface area contributed by atoms with Gasteiger partial charge in [0.15, 0.2) is 16.6 Å². The first-order chi connectivity index (χ1) is 16.6. The number of hydrogen-bond acceptors (Lipinski definition) is 5. The van der Waals surface area contributed by atoms with Crippen molar-refractivity contribution < 1.29 is 13.9 Å². The number of aromatic nitrogens is 1. The van der Waals surface area contributed by atoms with Gasteiger partial charge < -0.3 is 24.1 Å². The number of furan rings is 1. The van der Waals surface area contributed by atoms with Gasteiger partial charge in [-0.2, -0.15) is 0 Å². The lowest BCUT2D eigenvalue weighted by Gasteiger charge is -2.26. The fourth-order valence-electron chi connectivity index (χ4n) is 4.37. The summed E-state index contributed by atoms with van der Waals surface area (Å²) in [7, 11) is 0. The van der Waals surface area contributed by atoms with Crippen LogP contribution >= 0.6 is 23.8 Å². The number of rotatable bonds is 4. The molecule has 0 bridgehead atoms. The first-order valence-corrected chi connectivity index (χ1v) is 11.6. The van der Waals surface area contributed by atoms with E-state index in [1.165, 1.54) is 0 Å². The van der Waals surface area contributed by atoms with E-state index >= 15 is 0 Å². The summed E-state index contributed by atoms with van der Waals surface area (Å²) in [6.45, 7) is 2.19. The van der Waals surface area contributed by atoms with Crippen molar-refractivity contribution >= 4 is 34.6 Å². The van der Waals surface area contributed by atoms with Gasteiger partial charge in [-0.15, -0.1) is 0 Å². The van der Waals surface area contributed by atoms with Crippen LogP contribution in [0.2, 0.25) is 5.02 Å². The van der Waals surface area contributed by atoms with Crippen LogP contribution in [0.4, 0.5) is 5.69 Å². The Kier molecular flexibility index (Phi) is 5.16. The Labute approximate surface area is 207 Å². The molecule has 2 aliphatic heterocycles. The molecule has 1 N–H and O–H groups in total. The number of halogens is 1. The molecule has 34 heavy (non-hydrogen) atoms. The van der Waals surface area contributed by atoms with Crippen LogP contribution in [0, 0.1) is 6.92 Å². The molecule has 0 radical (unpaired) electrons. The van der Waals surface area contributed by atoms with Crippen LogP contribution in [0.5, 0.6) is 11.5 Å². The van der Waals surface area contributed by atoms with Gasteiger partial charge in [-0.05, 0) is 67.2 Å². The highest BCUT2D eigenvalue weighted by atomic mass is 35.5. The SMILES string of the molecule is Cc1ccc(-c2ccc([C@@H]3[C@@H](c4ccccn4)NC(=S)N3c3ccc4c(c3)OCO4)o2)cc1Cl. The number of thiocarbonyl (C=S) groups is 1. The fraction of sp³-hybridized carbons (Fsp3) is 0.154. The number of hydrogen-bond donors (Lipinski definition) is 1. The van der Waals surface area contributed by atoms with E-state index in [4.69, 9.17) is 37.7 Å². The van der Waals surface area contributed by atoms with Gasteiger partial charge in [0, 0.05) is 28.5 Å². The minimum absolute atomic E-state index is 0.209. The second-order valence-electron chi connectivity index (χ2n) is 8.20. The Bertz CT molecular complexity index is 1390. The Balaban J connectivity index is 1.44. The monoisotopic (exact) mass is 489 g/mol. The Morgan fingerprint density at radius 3 is 2.74 bits per heavy atom. The maximum Gasteiger partial charge on any atom is 0.231 e. The van der Waals surface area contributed by atoms with Crippen molar-refractivity contribution in [2.75, 3.05) is 11.7 Å². The number of ether oxygens (including phenoxy) is 2. The van der Waals surface area contributed by atoms with Gasteiger partial charge in [0.25, 0.3) is 0 Å². The number of nitrogens with one attached hydrogen (secondary N) is 1. The van der Waals surface area contributed by atoms with Crippen LogP contribution in [0.15, 0.2) is 77.3 Å². The molecular weight excluding hydrogens is 470 g/mol. The zero-order chi connectivity index (χ0) is 23.2. The molecule has 0 spiro atoms. The lowest BCUT2D eigenvalue weighted by atomic mass is 10.0. The largest absolute Gasteiger partial charge is 0.459 e. The Morgan fingerprint density at radius 1 is 1.03 bits per heavy atom. The zero-order valence-electron chi connectivity index (χ0n) is 18.2. The number of pyridine rings is 1. The maximum atomic E-state index is 6.41. The van der Waals surface area contributed by atoms with Crippen molar-refractivity contribution in [1.82, 2.24) is 10.3 Å². The summed E-state index contributed by atoms with van der Waals surface area (Å²) >= 11 is 12.2. The molecule has 2 aromatic carbocycles. The molecule has 2 aromatic heterocycles. The Morgan fingerprint density at radius 2 is 1.91 bits per heavy atom. The van der Waals surface area contributed by atoms with Crippen molar-refractivity contribution in [3.8, 4) is 22.8 Å². The molecule has 2 atom stereocenters. The van der Waals surface area contributed by atoms with E-state index in [9.17, 15) is 0 Å². The van der Waals surface area contributed by atoms with Gasteiger partial charge in [-0.3, -0.25) is 4.98 Å². The molecule has 0 aliphatic carbocycles. The molecule has 0 saturated carbocycles. The van der Waals surface area contributed by atoms with Crippen LogP contribution in [0.3, 0.4) is 0 Å². The predicted molar refractivity (Wildman–Crippen MR) is 134 cm³/mol. The molecular formula is C26H20ClN3O3S. The molecule has 1 fully saturated rings. The van der Waals surface area contributed by atoms with Crippen molar-refractivity contribution in [1.29, 1.82) is 0 Å².